The van der Waals surface area contributed by atoms with E-state index in [1.54, 1.807) is 12.1 Å². The van der Waals surface area contributed by atoms with Gasteiger partial charge in [0.15, 0.2) is 6.61 Å². The molecule has 1 amide bonds. The molecule has 0 fully saturated rings. The molecule has 0 radical (unpaired) electrons. The quantitative estimate of drug-likeness (QED) is 0.507. The third-order valence-corrected chi connectivity index (χ3v) is 3.72. The van der Waals surface area contributed by atoms with E-state index in [0.29, 0.717) is 11.5 Å². The molecular formula is C23H20N2O2. The first kappa shape index (κ1) is 18.1. The van der Waals surface area contributed by atoms with Gasteiger partial charge < -0.3 is 4.74 Å². The zero-order valence-corrected chi connectivity index (χ0v) is 14.8. The van der Waals surface area contributed by atoms with E-state index in [2.05, 4.69) is 10.5 Å². The summed E-state index contributed by atoms with van der Waals surface area (Å²) in [7, 11) is 0. The maximum absolute atomic E-state index is 12.1. The highest BCUT2D eigenvalue weighted by Gasteiger charge is 2.04. The molecule has 4 nitrogen and oxygen atoms in total. The van der Waals surface area contributed by atoms with Gasteiger partial charge in [-0.3, -0.25) is 4.79 Å². The van der Waals surface area contributed by atoms with Crippen LogP contribution < -0.4 is 10.2 Å². The molecule has 0 atom stereocenters. The first-order chi connectivity index (χ1) is 13.3. The molecule has 0 saturated carbocycles. The number of hydrazone groups is 1. The Morgan fingerprint density at radius 3 is 2.11 bits per heavy atom. The van der Waals surface area contributed by atoms with Crippen molar-refractivity contribution in [2.24, 2.45) is 5.10 Å². The molecule has 0 saturated heterocycles. The van der Waals surface area contributed by atoms with E-state index in [1.807, 2.05) is 91.0 Å². The lowest BCUT2D eigenvalue weighted by molar-refractivity contribution is -0.123. The number of carbonyl (C=O) groups excluding carboxylic acids is 1. The number of nitrogens with zero attached hydrogens (tertiary/aromatic N) is 1. The van der Waals surface area contributed by atoms with Crippen molar-refractivity contribution >= 4 is 17.7 Å². The summed E-state index contributed by atoms with van der Waals surface area (Å²) in [5, 5.41) is 4.27. The molecule has 0 heterocycles. The van der Waals surface area contributed by atoms with Gasteiger partial charge in [0.2, 0.25) is 0 Å². The molecular weight excluding hydrogens is 336 g/mol. The predicted molar refractivity (Wildman–Crippen MR) is 109 cm³/mol. The van der Waals surface area contributed by atoms with Crippen molar-refractivity contribution in [2.45, 2.75) is 0 Å². The van der Waals surface area contributed by atoms with Crippen molar-refractivity contribution in [2.75, 3.05) is 6.61 Å². The molecule has 1 N–H and O–H groups in total. The van der Waals surface area contributed by atoms with Crippen LogP contribution in [-0.4, -0.2) is 18.2 Å². The second-order valence-corrected chi connectivity index (χ2v) is 5.74. The van der Waals surface area contributed by atoms with E-state index >= 15 is 0 Å². The normalized spacial score (nSPS) is 11.3. The highest BCUT2D eigenvalue weighted by atomic mass is 16.5. The van der Waals surface area contributed by atoms with Gasteiger partial charge in [0.1, 0.15) is 5.75 Å². The molecule has 0 spiro atoms. The second-order valence-electron chi connectivity index (χ2n) is 5.74. The van der Waals surface area contributed by atoms with Crippen molar-refractivity contribution in [3.8, 4) is 5.75 Å². The van der Waals surface area contributed by atoms with Crippen LogP contribution in [0.3, 0.4) is 0 Å². The average Bonchev–Trinajstić information content (AvgIpc) is 2.74. The lowest BCUT2D eigenvalue weighted by atomic mass is 10.1. The summed E-state index contributed by atoms with van der Waals surface area (Å²) >= 11 is 0. The minimum Gasteiger partial charge on any atom is -0.484 e. The van der Waals surface area contributed by atoms with Crippen LogP contribution in [-0.2, 0) is 4.79 Å². The van der Waals surface area contributed by atoms with Gasteiger partial charge in [0.05, 0.1) is 5.71 Å². The summed E-state index contributed by atoms with van der Waals surface area (Å²) in [5.74, 6) is 0.323. The fourth-order valence-electron chi connectivity index (χ4n) is 2.37. The van der Waals surface area contributed by atoms with Gasteiger partial charge >= 0.3 is 0 Å². The number of hydrogen-bond donors (Lipinski definition) is 1. The van der Waals surface area contributed by atoms with Gasteiger partial charge in [-0.15, -0.1) is 0 Å². The monoisotopic (exact) mass is 356 g/mol. The molecule has 4 heteroatoms. The van der Waals surface area contributed by atoms with Gasteiger partial charge in [-0.2, -0.15) is 5.10 Å². The number of benzene rings is 3. The zero-order valence-electron chi connectivity index (χ0n) is 14.8. The van der Waals surface area contributed by atoms with Gasteiger partial charge in [-0.1, -0.05) is 84.9 Å². The largest absolute Gasteiger partial charge is 0.484 e. The Balaban J connectivity index is 1.68. The Hall–Kier alpha value is -3.66. The van der Waals surface area contributed by atoms with Crippen molar-refractivity contribution in [3.63, 3.8) is 0 Å². The van der Waals surface area contributed by atoms with E-state index in [-0.39, 0.29) is 12.5 Å². The Bertz CT molecular complexity index is 905. The average molecular weight is 356 g/mol. The molecule has 0 aliphatic heterocycles. The van der Waals surface area contributed by atoms with Gasteiger partial charge in [0, 0.05) is 5.56 Å². The molecule has 0 aliphatic carbocycles. The first-order valence-electron chi connectivity index (χ1n) is 8.64. The van der Waals surface area contributed by atoms with Gasteiger partial charge in [-0.25, -0.2) is 5.43 Å². The number of carbonyl (C=O) groups is 1. The Kier molecular flexibility index (Phi) is 6.54. The fraction of sp³-hybridized carbons (Fsp3) is 0.0435. The molecule has 0 aromatic heterocycles. The summed E-state index contributed by atoms with van der Waals surface area (Å²) in [6, 6.07) is 28.8. The number of nitrogens with one attached hydrogen (secondary N) is 1. The van der Waals surface area contributed by atoms with Crippen LogP contribution in [0.25, 0.3) is 6.08 Å². The number of ether oxygens (including phenoxy) is 1. The molecule has 0 bridgehead atoms. The molecule has 27 heavy (non-hydrogen) atoms. The van der Waals surface area contributed by atoms with E-state index < -0.39 is 0 Å². The van der Waals surface area contributed by atoms with Crippen molar-refractivity contribution in [1.82, 2.24) is 5.43 Å². The summed E-state index contributed by atoms with van der Waals surface area (Å²) in [5.41, 5.74) is 5.19. The minimum absolute atomic E-state index is 0.0992. The number of amides is 1. The molecule has 0 unspecified atom stereocenters. The van der Waals surface area contributed by atoms with E-state index in [0.717, 1.165) is 11.1 Å². The molecule has 0 aliphatic rings. The highest BCUT2D eigenvalue weighted by Crippen LogP contribution is 2.08. The van der Waals surface area contributed by atoms with Crippen molar-refractivity contribution in [3.05, 3.63) is 108 Å². The third kappa shape index (κ3) is 5.97. The number of para-hydroxylation sites is 1. The maximum Gasteiger partial charge on any atom is 0.277 e. The molecule has 3 aromatic rings. The predicted octanol–water partition coefficient (Wildman–Crippen LogP) is 4.30. The highest BCUT2D eigenvalue weighted by molar-refractivity contribution is 6.11. The Morgan fingerprint density at radius 1 is 0.852 bits per heavy atom. The summed E-state index contributed by atoms with van der Waals surface area (Å²) in [6.45, 7) is -0.0992. The lowest BCUT2D eigenvalue weighted by Gasteiger charge is -2.06. The number of allylic oxidation sites excluding steroid dienone is 1. The van der Waals surface area contributed by atoms with Crippen LogP contribution in [0.15, 0.2) is 102 Å². The van der Waals surface area contributed by atoms with Crippen LogP contribution >= 0.6 is 0 Å². The Morgan fingerprint density at radius 2 is 1.44 bits per heavy atom. The van der Waals surface area contributed by atoms with Crippen LogP contribution in [0.4, 0.5) is 0 Å². The van der Waals surface area contributed by atoms with E-state index in [4.69, 9.17) is 4.74 Å². The first-order valence-corrected chi connectivity index (χ1v) is 8.64. The second kappa shape index (κ2) is 9.73. The zero-order chi connectivity index (χ0) is 18.7. The number of hydrogen-bond acceptors (Lipinski definition) is 3. The van der Waals surface area contributed by atoms with Crippen LogP contribution in [0.1, 0.15) is 11.1 Å². The van der Waals surface area contributed by atoms with E-state index in [1.165, 1.54) is 0 Å². The summed E-state index contributed by atoms with van der Waals surface area (Å²) in [4.78, 5) is 12.1. The standard InChI is InChI=1S/C23H20N2O2/c26-23(18-27-21-14-8-3-9-15-21)25-24-22(20-12-6-2-7-13-20)17-16-19-10-4-1-5-11-19/h1-17H,18H2,(H,25,26)/b17-16+,24-22?. The lowest BCUT2D eigenvalue weighted by Crippen LogP contribution is -2.25. The topological polar surface area (TPSA) is 50.7 Å². The van der Waals surface area contributed by atoms with Crippen LogP contribution in [0.2, 0.25) is 0 Å². The van der Waals surface area contributed by atoms with Crippen LogP contribution in [0, 0.1) is 0 Å². The summed E-state index contributed by atoms with van der Waals surface area (Å²) in [6.07, 6.45) is 3.83. The molecule has 134 valence electrons. The smallest absolute Gasteiger partial charge is 0.277 e. The minimum atomic E-state index is -0.319. The van der Waals surface area contributed by atoms with Gasteiger partial charge in [-0.05, 0) is 23.8 Å². The van der Waals surface area contributed by atoms with Gasteiger partial charge in [0.25, 0.3) is 5.91 Å². The fourth-order valence-corrected chi connectivity index (χ4v) is 2.37. The summed E-state index contributed by atoms with van der Waals surface area (Å²) < 4.78 is 5.44. The molecule has 3 rings (SSSR count). The van der Waals surface area contributed by atoms with E-state index in [9.17, 15) is 4.79 Å². The van der Waals surface area contributed by atoms with Crippen LogP contribution in [0.5, 0.6) is 5.75 Å². The van der Waals surface area contributed by atoms with Crippen molar-refractivity contribution < 1.29 is 9.53 Å². The Labute approximate surface area is 158 Å². The number of rotatable bonds is 7. The van der Waals surface area contributed by atoms with Crippen molar-refractivity contribution in [1.29, 1.82) is 0 Å². The molecule has 3 aromatic carbocycles. The maximum atomic E-state index is 12.1. The third-order valence-electron chi connectivity index (χ3n) is 3.72. The SMILES string of the molecule is O=C(COc1ccccc1)NN=C(/C=C/c1ccccc1)c1ccccc1.